The van der Waals surface area contributed by atoms with Crippen molar-refractivity contribution < 1.29 is 14.3 Å². The van der Waals surface area contributed by atoms with Gasteiger partial charge < -0.3 is 9.47 Å². The lowest BCUT2D eigenvalue weighted by molar-refractivity contribution is -0.119. The zero-order valence-corrected chi connectivity index (χ0v) is 15.3. The van der Waals surface area contributed by atoms with Gasteiger partial charge in [0.25, 0.3) is 0 Å². The molecule has 1 aromatic rings. The van der Waals surface area contributed by atoms with Crippen LogP contribution in [0.5, 0.6) is 11.5 Å². The first-order valence-electron chi connectivity index (χ1n) is 9.68. The molecular weight excluding hydrogens is 328 g/mol. The number of rotatable bonds is 2. The number of benzene rings is 1. The minimum absolute atomic E-state index is 0.0173. The normalized spacial score (nSPS) is 39.0. The van der Waals surface area contributed by atoms with E-state index in [-0.39, 0.29) is 17.0 Å². The summed E-state index contributed by atoms with van der Waals surface area (Å²) in [6.07, 6.45) is 8.79. The van der Waals surface area contributed by atoms with Crippen LogP contribution in [0.4, 0.5) is 5.69 Å². The van der Waals surface area contributed by atoms with Crippen molar-refractivity contribution >= 4 is 11.6 Å². The SMILES string of the molecule is COc1cc2c(cc1OC)N1C(=O)CC34C=CCN5CCC2C(CC3)C514. The number of fused-ring (bicyclic) bond motifs is 3. The van der Waals surface area contributed by atoms with Crippen molar-refractivity contribution in [3.63, 3.8) is 0 Å². The fourth-order valence-corrected chi connectivity index (χ4v) is 7.12. The van der Waals surface area contributed by atoms with Gasteiger partial charge in [-0.15, -0.1) is 0 Å². The second-order valence-corrected chi connectivity index (χ2v) is 8.44. The average molecular weight is 352 g/mol. The van der Waals surface area contributed by atoms with Gasteiger partial charge in [-0.2, -0.15) is 0 Å². The molecule has 5 nitrogen and oxygen atoms in total. The molecule has 4 atom stereocenters. The molecule has 1 amide bonds. The maximum atomic E-state index is 13.3. The van der Waals surface area contributed by atoms with Crippen LogP contribution in [-0.2, 0) is 4.79 Å². The van der Waals surface area contributed by atoms with E-state index >= 15 is 0 Å². The predicted molar refractivity (Wildman–Crippen MR) is 97.6 cm³/mol. The molecule has 5 heteroatoms. The first kappa shape index (κ1) is 15.1. The van der Waals surface area contributed by atoms with Gasteiger partial charge in [0.1, 0.15) is 5.66 Å². The Morgan fingerprint density at radius 2 is 1.96 bits per heavy atom. The summed E-state index contributed by atoms with van der Waals surface area (Å²) in [6, 6.07) is 4.17. The minimum atomic E-state index is -0.158. The Hall–Kier alpha value is -2.01. The van der Waals surface area contributed by atoms with E-state index in [4.69, 9.17) is 9.47 Å². The molecule has 4 heterocycles. The van der Waals surface area contributed by atoms with E-state index in [1.807, 2.05) is 6.07 Å². The molecule has 4 aliphatic heterocycles. The van der Waals surface area contributed by atoms with E-state index in [9.17, 15) is 4.79 Å². The molecule has 0 radical (unpaired) electrons. The van der Waals surface area contributed by atoms with Crippen LogP contribution >= 0.6 is 0 Å². The van der Waals surface area contributed by atoms with E-state index in [0.717, 1.165) is 37.4 Å². The van der Waals surface area contributed by atoms with Crippen LogP contribution in [0.15, 0.2) is 24.3 Å². The topological polar surface area (TPSA) is 42.0 Å². The Morgan fingerprint density at radius 3 is 2.77 bits per heavy atom. The summed E-state index contributed by atoms with van der Waals surface area (Å²) in [5.74, 6) is 2.75. The van der Waals surface area contributed by atoms with Gasteiger partial charge in [-0.3, -0.25) is 14.6 Å². The number of amides is 1. The molecule has 1 saturated carbocycles. The van der Waals surface area contributed by atoms with Crippen molar-refractivity contribution in [2.45, 2.75) is 37.3 Å². The molecule has 1 aromatic carbocycles. The van der Waals surface area contributed by atoms with Crippen molar-refractivity contribution in [3.8, 4) is 11.5 Å². The maximum Gasteiger partial charge on any atom is 0.229 e. The number of hydrogen-bond acceptors (Lipinski definition) is 4. The van der Waals surface area contributed by atoms with Crippen molar-refractivity contribution in [2.24, 2.45) is 11.3 Å². The summed E-state index contributed by atoms with van der Waals surface area (Å²) in [4.78, 5) is 18.1. The van der Waals surface area contributed by atoms with Gasteiger partial charge >= 0.3 is 0 Å². The molecule has 1 spiro atoms. The van der Waals surface area contributed by atoms with Crippen LogP contribution in [0.25, 0.3) is 0 Å². The summed E-state index contributed by atoms with van der Waals surface area (Å²) in [6.45, 7) is 2.02. The summed E-state index contributed by atoms with van der Waals surface area (Å²) >= 11 is 0. The minimum Gasteiger partial charge on any atom is -0.493 e. The number of methoxy groups -OCH3 is 2. The van der Waals surface area contributed by atoms with E-state index < -0.39 is 0 Å². The highest BCUT2D eigenvalue weighted by atomic mass is 16.5. The fourth-order valence-electron chi connectivity index (χ4n) is 7.12. The van der Waals surface area contributed by atoms with E-state index in [0.29, 0.717) is 24.0 Å². The first-order valence-corrected chi connectivity index (χ1v) is 9.68. The first-order chi connectivity index (χ1) is 12.7. The molecule has 2 saturated heterocycles. The Kier molecular flexibility index (Phi) is 2.69. The van der Waals surface area contributed by atoms with Crippen molar-refractivity contribution in [2.75, 3.05) is 32.2 Å². The quantitative estimate of drug-likeness (QED) is 0.768. The average Bonchev–Trinajstić information content (AvgIpc) is 3.12. The van der Waals surface area contributed by atoms with Crippen LogP contribution in [0.1, 0.15) is 37.2 Å². The van der Waals surface area contributed by atoms with Gasteiger partial charge in [0.15, 0.2) is 11.5 Å². The number of anilines is 1. The third kappa shape index (κ3) is 1.37. The standard InChI is InChI=1S/C21H24N2O3/c1-25-17-10-14-13-5-9-22-8-3-6-20-7-4-15(13)21(20,22)23(19(24)12-20)16(14)11-18(17)26-2/h3,6,10-11,13,15H,4-5,7-9,12H2,1-2H3. The van der Waals surface area contributed by atoms with Gasteiger partial charge in [-0.25, -0.2) is 0 Å². The van der Waals surface area contributed by atoms with Gasteiger partial charge in [0, 0.05) is 36.9 Å². The molecular formula is C21H24N2O3. The highest BCUT2D eigenvalue weighted by Crippen LogP contribution is 2.71. The monoisotopic (exact) mass is 352 g/mol. The largest absolute Gasteiger partial charge is 0.493 e. The Balaban J connectivity index is 1.67. The van der Waals surface area contributed by atoms with Gasteiger partial charge in [-0.1, -0.05) is 12.2 Å². The number of piperidine rings is 1. The second kappa shape index (κ2) is 4.63. The number of hydrogen-bond donors (Lipinski definition) is 0. The van der Waals surface area contributed by atoms with E-state index in [2.05, 4.69) is 28.0 Å². The molecule has 2 bridgehead atoms. The Labute approximate surface area is 153 Å². The zero-order chi connectivity index (χ0) is 17.7. The number of carbonyl (C=O) groups excluding carboxylic acids is 1. The highest BCUT2D eigenvalue weighted by molar-refractivity contribution is 6.01. The van der Waals surface area contributed by atoms with Crippen molar-refractivity contribution in [3.05, 3.63) is 29.8 Å². The van der Waals surface area contributed by atoms with Gasteiger partial charge in [0.05, 0.1) is 19.9 Å². The third-order valence-electron chi connectivity index (χ3n) is 7.82. The van der Waals surface area contributed by atoms with E-state index in [1.54, 1.807) is 14.2 Å². The van der Waals surface area contributed by atoms with Crippen LogP contribution in [0.3, 0.4) is 0 Å². The third-order valence-corrected chi connectivity index (χ3v) is 7.82. The summed E-state index contributed by atoms with van der Waals surface area (Å²) in [7, 11) is 3.35. The zero-order valence-electron chi connectivity index (χ0n) is 15.3. The fraction of sp³-hybridized carbons (Fsp3) is 0.571. The number of carbonyl (C=O) groups is 1. The molecule has 6 rings (SSSR count). The molecule has 1 aliphatic carbocycles. The van der Waals surface area contributed by atoms with Crippen molar-refractivity contribution in [1.82, 2.24) is 4.90 Å². The summed E-state index contributed by atoms with van der Waals surface area (Å²) in [5.41, 5.74) is 2.15. The smallest absolute Gasteiger partial charge is 0.229 e. The van der Waals surface area contributed by atoms with Crippen LogP contribution < -0.4 is 14.4 Å². The second-order valence-electron chi connectivity index (χ2n) is 8.44. The van der Waals surface area contributed by atoms with Crippen LogP contribution in [0.2, 0.25) is 0 Å². The molecule has 0 N–H and O–H groups in total. The lowest BCUT2D eigenvalue weighted by atomic mass is 9.63. The molecule has 3 fully saturated rings. The highest BCUT2D eigenvalue weighted by Gasteiger charge is 2.75. The predicted octanol–water partition coefficient (Wildman–Crippen LogP) is 2.91. The maximum absolute atomic E-state index is 13.3. The lowest BCUT2D eigenvalue weighted by Gasteiger charge is -2.63. The van der Waals surface area contributed by atoms with Crippen LogP contribution in [-0.4, -0.2) is 43.8 Å². The summed E-state index contributed by atoms with van der Waals surface area (Å²) in [5, 5.41) is 0. The van der Waals surface area contributed by atoms with Gasteiger partial charge in [-0.05, 0) is 36.8 Å². The molecule has 136 valence electrons. The molecule has 4 unspecified atom stereocenters. The van der Waals surface area contributed by atoms with Gasteiger partial charge in [0.2, 0.25) is 5.91 Å². The van der Waals surface area contributed by atoms with Crippen molar-refractivity contribution in [1.29, 1.82) is 0 Å². The summed E-state index contributed by atoms with van der Waals surface area (Å²) < 4.78 is 11.2. The Bertz CT molecular complexity index is 865. The number of nitrogens with zero attached hydrogens (tertiary/aromatic N) is 2. The van der Waals surface area contributed by atoms with Crippen LogP contribution in [0, 0.1) is 11.3 Å². The van der Waals surface area contributed by atoms with E-state index in [1.165, 1.54) is 12.0 Å². The molecule has 0 aromatic heterocycles. The number of ether oxygens (including phenoxy) is 2. The molecule has 26 heavy (non-hydrogen) atoms. The Morgan fingerprint density at radius 1 is 1.15 bits per heavy atom. The molecule has 5 aliphatic rings. The lowest BCUT2D eigenvalue weighted by Crippen LogP contribution is -2.72.